The molecule has 0 bridgehead atoms. The van der Waals surface area contributed by atoms with Crippen LogP contribution in [0.2, 0.25) is 0 Å². The van der Waals surface area contributed by atoms with Crippen LogP contribution in [0.1, 0.15) is 36.5 Å². The number of carbonyl (C=O) groups is 2. The molecule has 1 aromatic carbocycles. The van der Waals surface area contributed by atoms with Crippen LogP contribution in [0.15, 0.2) is 29.2 Å². The number of quaternary nitrogens is 1. The zero-order valence-electron chi connectivity index (χ0n) is 15.8. The Morgan fingerprint density at radius 2 is 1.56 bits per heavy atom. The van der Waals surface area contributed by atoms with Crippen LogP contribution in [0.3, 0.4) is 0 Å². The monoisotopic (exact) mass is 394 g/mol. The molecule has 27 heavy (non-hydrogen) atoms. The maximum atomic E-state index is 12.8. The lowest BCUT2D eigenvalue weighted by Crippen LogP contribution is -3.13. The van der Waals surface area contributed by atoms with Gasteiger partial charge in [0.2, 0.25) is 10.0 Å². The Labute approximate surface area is 161 Å². The van der Waals surface area contributed by atoms with E-state index in [4.69, 9.17) is 0 Å². The van der Waals surface area contributed by atoms with E-state index in [1.807, 2.05) is 0 Å². The van der Waals surface area contributed by atoms with Crippen LogP contribution in [0.25, 0.3) is 0 Å². The predicted molar refractivity (Wildman–Crippen MR) is 101 cm³/mol. The highest BCUT2D eigenvalue weighted by molar-refractivity contribution is 7.89. The third kappa shape index (κ3) is 4.75. The lowest BCUT2D eigenvalue weighted by atomic mass is 10.1. The van der Waals surface area contributed by atoms with Crippen molar-refractivity contribution in [3.05, 3.63) is 29.8 Å². The summed E-state index contributed by atoms with van der Waals surface area (Å²) in [5.74, 6) is 0.0247. The zero-order valence-corrected chi connectivity index (χ0v) is 16.6. The topological polar surface area (TPSA) is 79.2 Å². The van der Waals surface area contributed by atoms with E-state index in [1.54, 1.807) is 4.90 Å². The summed E-state index contributed by atoms with van der Waals surface area (Å²) >= 11 is 0. The Morgan fingerprint density at radius 3 is 2.11 bits per heavy atom. The maximum absolute atomic E-state index is 12.8. The van der Waals surface area contributed by atoms with E-state index in [9.17, 15) is 18.0 Å². The minimum absolute atomic E-state index is 0.0955. The van der Waals surface area contributed by atoms with Crippen LogP contribution in [0.4, 0.5) is 0 Å². The number of nitrogens with zero attached hydrogens (tertiary/aromatic N) is 2. The van der Waals surface area contributed by atoms with Gasteiger partial charge in [-0.25, -0.2) is 8.42 Å². The molecule has 2 fully saturated rings. The number of likely N-dealkylation sites (tertiary alicyclic amines) is 1. The predicted octanol–water partition coefficient (Wildman–Crippen LogP) is -0.209. The Kier molecular flexibility index (Phi) is 6.29. The molecule has 2 heterocycles. The summed E-state index contributed by atoms with van der Waals surface area (Å²) in [7, 11) is -3.60. The summed E-state index contributed by atoms with van der Waals surface area (Å²) < 4.78 is 27.0. The number of amides is 1. The molecule has 2 aliphatic rings. The molecular weight excluding hydrogens is 366 g/mol. The molecule has 3 rings (SSSR count). The van der Waals surface area contributed by atoms with Crippen LogP contribution in [-0.2, 0) is 14.8 Å². The third-order valence-corrected chi connectivity index (χ3v) is 7.36. The Hall–Kier alpha value is -1.77. The molecule has 0 aliphatic carbocycles. The van der Waals surface area contributed by atoms with Crippen LogP contribution in [0, 0.1) is 0 Å². The number of carbonyl (C=O) groups excluding carboxylic acids is 2. The number of sulfonamides is 1. The minimum atomic E-state index is -3.60. The van der Waals surface area contributed by atoms with E-state index >= 15 is 0 Å². The van der Waals surface area contributed by atoms with E-state index in [2.05, 4.69) is 0 Å². The first-order chi connectivity index (χ1) is 12.9. The Morgan fingerprint density at radius 1 is 0.963 bits per heavy atom. The number of piperidine rings is 1. The Bertz CT molecular complexity index is 778. The number of hydrogen-bond donors (Lipinski definition) is 1. The van der Waals surface area contributed by atoms with Gasteiger partial charge in [0.15, 0.2) is 12.3 Å². The van der Waals surface area contributed by atoms with E-state index in [0.29, 0.717) is 38.3 Å². The van der Waals surface area contributed by atoms with Gasteiger partial charge in [-0.1, -0.05) is 12.1 Å². The van der Waals surface area contributed by atoms with Crippen molar-refractivity contribution in [3.63, 3.8) is 0 Å². The second kappa shape index (κ2) is 8.50. The summed E-state index contributed by atoms with van der Waals surface area (Å²) in [5.41, 5.74) is 0.490. The van der Waals surface area contributed by atoms with E-state index in [0.717, 1.165) is 13.1 Å². The van der Waals surface area contributed by atoms with Crippen molar-refractivity contribution >= 4 is 21.7 Å². The molecule has 2 saturated heterocycles. The van der Waals surface area contributed by atoms with Crippen molar-refractivity contribution in [2.45, 2.75) is 31.1 Å². The van der Waals surface area contributed by atoms with Crippen LogP contribution >= 0.6 is 0 Å². The molecule has 1 amide bonds. The van der Waals surface area contributed by atoms with Crippen molar-refractivity contribution < 1.29 is 22.9 Å². The molecule has 0 aromatic heterocycles. The first-order valence-electron chi connectivity index (χ1n) is 9.60. The van der Waals surface area contributed by atoms with Crippen molar-refractivity contribution in [1.82, 2.24) is 9.21 Å². The van der Waals surface area contributed by atoms with Crippen LogP contribution in [-0.4, -0.2) is 75.1 Å². The van der Waals surface area contributed by atoms with Gasteiger partial charge in [-0.05, 0) is 38.3 Å². The summed E-state index contributed by atoms with van der Waals surface area (Å²) in [6.07, 6.45) is 3.61. The maximum Gasteiger partial charge on any atom is 0.277 e. The fourth-order valence-electron chi connectivity index (χ4n) is 3.74. The van der Waals surface area contributed by atoms with Gasteiger partial charge in [0.25, 0.3) is 5.91 Å². The van der Waals surface area contributed by atoms with Gasteiger partial charge in [0.1, 0.15) is 0 Å². The van der Waals surface area contributed by atoms with Gasteiger partial charge in [0, 0.05) is 31.7 Å². The first kappa shape index (κ1) is 20.0. The fraction of sp³-hybridized carbons (Fsp3) is 0.579. The zero-order chi connectivity index (χ0) is 19.4. The molecule has 0 unspecified atom stereocenters. The number of piperazine rings is 1. The van der Waals surface area contributed by atoms with Gasteiger partial charge < -0.3 is 9.80 Å². The molecule has 1 aromatic rings. The quantitative estimate of drug-likeness (QED) is 0.701. The van der Waals surface area contributed by atoms with Crippen molar-refractivity contribution in [2.75, 3.05) is 45.8 Å². The number of benzene rings is 1. The largest absolute Gasteiger partial charge is 0.335 e. The fourth-order valence-corrected chi connectivity index (χ4v) is 5.16. The third-order valence-electron chi connectivity index (χ3n) is 5.45. The van der Waals surface area contributed by atoms with Gasteiger partial charge in [0.05, 0.1) is 18.0 Å². The first-order valence-corrected chi connectivity index (χ1v) is 11.0. The number of ketones is 1. The lowest BCUT2D eigenvalue weighted by molar-refractivity contribution is -0.897. The van der Waals surface area contributed by atoms with Gasteiger partial charge >= 0.3 is 0 Å². The van der Waals surface area contributed by atoms with Crippen molar-refractivity contribution in [3.8, 4) is 0 Å². The highest BCUT2D eigenvalue weighted by Crippen LogP contribution is 2.18. The smallest absolute Gasteiger partial charge is 0.277 e. The van der Waals surface area contributed by atoms with Gasteiger partial charge in [-0.3, -0.25) is 9.59 Å². The molecule has 8 heteroatoms. The second-order valence-electron chi connectivity index (χ2n) is 7.35. The van der Waals surface area contributed by atoms with Crippen molar-refractivity contribution in [2.24, 2.45) is 0 Å². The number of hydrogen-bond acceptors (Lipinski definition) is 4. The number of nitrogens with one attached hydrogen (secondary N) is 1. The summed E-state index contributed by atoms with van der Waals surface area (Å²) in [6, 6.07) is 6.03. The minimum Gasteiger partial charge on any atom is -0.335 e. The molecule has 2 aliphatic heterocycles. The van der Waals surface area contributed by atoms with Crippen molar-refractivity contribution in [1.29, 1.82) is 0 Å². The SMILES string of the molecule is CC(=O)c1ccc(S(=O)(=O)N2CCN(C(=O)C[NH+]3CCCCC3)CC2)cc1. The standard InChI is InChI=1S/C19H27N3O4S/c1-16(23)17-5-7-18(8-6-17)27(25,26)22-13-11-21(12-14-22)19(24)15-20-9-3-2-4-10-20/h5-8H,2-4,9-15H2,1H3/p+1. The molecule has 0 atom stereocenters. The van der Waals surface area contributed by atoms with E-state index in [1.165, 1.54) is 59.7 Å². The molecule has 0 spiro atoms. The van der Waals surface area contributed by atoms with Crippen LogP contribution < -0.4 is 4.90 Å². The normalized spacial score (nSPS) is 19.8. The Balaban J connectivity index is 1.57. The highest BCUT2D eigenvalue weighted by Gasteiger charge is 2.31. The molecule has 0 saturated carbocycles. The molecular formula is C19H28N3O4S+. The van der Waals surface area contributed by atoms with E-state index in [-0.39, 0.29) is 16.6 Å². The molecule has 1 N–H and O–H groups in total. The second-order valence-corrected chi connectivity index (χ2v) is 9.29. The molecule has 148 valence electrons. The van der Waals surface area contributed by atoms with Gasteiger partial charge in [-0.15, -0.1) is 0 Å². The molecule has 7 nitrogen and oxygen atoms in total. The van der Waals surface area contributed by atoms with Crippen LogP contribution in [0.5, 0.6) is 0 Å². The highest BCUT2D eigenvalue weighted by atomic mass is 32.2. The summed E-state index contributed by atoms with van der Waals surface area (Å²) in [5, 5.41) is 0. The number of Topliss-reactive ketones (excluding diaryl/α,β-unsaturated/α-hetero) is 1. The summed E-state index contributed by atoms with van der Waals surface area (Å²) in [4.78, 5) is 27.2. The molecule has 0 radical (unpaired) electrons. The average molecular weight is 395 g/mol. The number of rotatable bonds is 5. The van der Waals surface area contributed by atoms with E-state index < -0.39 is 10.0 Å². The average Bonchev–Trinajstić information content (AvgIpc) is 2.69. The summed E-state index contributed by atoms with van der Waals surface area (Å²) in [6.45, 7) is 5.53. The van der Waals surface area contributed by atoms with Gasteiger partial charge in [-0.2, -0.15) is 4.31 Å². The lowest BCUT2D eigenvalue weighted by Gasteiger charge is -2.34.